The molecule has 1 saturated heterocycles. The highest BCUT2D eigenvalue weighted by molar-refractivity contribution is 8.14. The van der Waals surface area contributed by atoms with Crippen molar-refractivity contribution >= 4 is 22.9 Å². The monoisotopic (exact) mass is 286 g/mol. The molecule has 1 atom stereocenters. The summed E-state index contributed by atoms with van der Waals surface area (Å²) in [5, 5.41) is -0.328. The van der Waals surface area contributed by atoms with Crippen LogP contribution in [0.5, 0.6) is 0 Å². The van der Waals surface area contributed by atoms with Crippen LogP contribution in [0.2, 0.25) is 0 Å². The molecule has 110 valence electrons. The van der Waals surface area contributed by atoms with Crippen molar-refractivity contribution in [1.82, 2.24) is 4.90 Å². The maximum atomic E-state index is 12.1. The number of rotatable bonds is 7. The summed E-state index contributed by atoms with van der Waals surface area (Å²) in [6, 6.07) is 0. The highest BCUT2D eigenvalue weighted by atomic mass is 32.2. The Morgan fingerprint density at radius 3 is 2.42 bits per heavy atom. The Kier molecular flexibility index (Phi) is 7.94. The van der Waals surface area contributed by atoms with Crippen molar-refractivity contribution in [1.29, 1.82) is 0 Å². The number of hydrogen-bond donors (Lipinski definition) is 1. The van der Waals surface area contributed by atoms with Gasteiger partial charge in [-0.25, -0.2) is 0 Å². The largest absolute Gasteiger partial charge is 0.369 e. The third kappa shape index (κ3) is 6.32. The van der Waals surface area contributed by atoms with E-state index in [1.165, 1.54) is 19.3 Å². The van der Waals surface area contributed by atoms with Crippen molar-refractivity contribution in [3.8, 4) is 0 Å². The molecule has 0 aromatic heterocycles. The van der Waals surface area contributed by atoms with Crippen LogP contribution in [0.1, 0.15) is 58.3 Å². The first-order chi connectivity index (χ1) is 9.15. The van der Waals surface area contributed by atoms with E-state index in [4.69, 9.17) is 5.73 Å². The Morgan fingerprint density at radius 2 is 1.84 bits per heavy atom. The molecule has 1 aliphatic rings. The summed E-state index contributed by atoms with van der Waals surface area (Å²) >= 11 is 1.13. The maximum Gasteiger partial charge on any atom is 0.282 e. The number of primary amides is 1. The molecule has 0 radical (unpaired) electrons. The Morgan fingerprint density at radius 1 is 1.16 bits per heavy atom. The number of thioether (sulfide) groups is 1. The topological polar surface area (TPSA) is 63.4 Å². The van der Waals surface area contributed by atoms with Crippen molar-refractivity contribution in [3.05, 3.63) is 0 Å². The van der Waals surface area contributed by atoms with E-state index >= 15 is 0 Å². The van der Waals surface area contributed by atoms with Crippen LogP contribution >= 0.6 is 11.8 Å². The van der Waals surface area contributed by atoms with Crippen LogP contribution in [0.25, 0.3) is 0 Å². The lowest BCUT2D eigenvalue weighted by atomic mass is 10.1. The number of hydrogen-bond acceptors (Lipinski definition) is 3. The van der Waals surface area contributed by atoms with Crippen LogP contribution < -0.4 is 5.73 Å². The van der Waals surface area contributed by atoms with E-state index in [1.807, 2.05) is 4.90 Å². The molecule has 2 N–H and O–H groups in total. The zero-order valence-corrected chi connectivity index (χ0v) is 12.7. The second kappa shape index (κ2) is 9.23. The number of carbonyl (C=O) groups is 2. The highest BCUT2D eigenvalue weighted by Crippen LogP contribution is 2.23. The summed E-state index contributed by atoms with van der Waals surface area (Å²) in [6.45, 7) is 3.81. The summed E-state index contributed by atoms with van der Waals surface area (Å²) < 4.78 is 0. The van der Waals surface area contributed by atoms with E-state index in [2.05, 4.69) is 6.92 Å². The number of nitrogens with two attached hydrogens (primary N) is 1. The molecule has 2 amide bonds. The lowest BCUT2D eigenvalue weighted by molar-refractivity contribution is -0.117. The number of carbonyl (C=O) groups excluding carboxylic acids is 2. The molecule has 0 aromatic carbocycles. The third-order valence-electron chi connectivity index (χ3n) is 3.49. The Bertz CT molecular complexity index is 291. The quantitative estimate of drug-likeness (QED) is 0.731. The van der Waals surface area contributed by atoms with Gasteiger partial charge in [0.2, 0.25) is 5.91 Å². The predicted octanol–water partition coefficient (Wildman–Crippen LogP) is 3.15. The molecule has 0 aromatic rings. The maximum absolute atomic E-state index is 12.1. The van der Waals surface area contributed by atoms with Crippen LogP contribution in [0.3, 0.4) is 0 Å². The van der Waals surface area contributed by atoms with Gasteiger partial charge in [0.15, 0.2) is 0 Å². The van der Waals surface area contributed by atoms with Crippen LogP contribution in [-0.4, -0.2) is 34.4 Å². The van der Waals surface area contributed by atoms with Gasteiger partial charge in [0.1, 0.15) is 0 Å². The first-order valence-corrected chi connectivity index (χ1v) is 8.28. The highest BCUT2D eigenvalue weighted by Gasteiger charge is 2.24. The lowest BCUT2D eigenvalue weighted by Crippen LogP contribution is -2.36. The van der Waals surface area contributed by atoms with Gasteiger partial charge in [0.25, 0.3) is 5.24 Å². The summed E-state index contributed by atoms with van der Waals surface area (Å²) in [5.74, 6) is -0.355. The van der Waals surface area contributed by atoms with Crippen molar-refractivity contribution in [2.45, 2.75) is 63.5 Å². The van der Waals surface area contributed by atoms with Gasteiger partial charge >= 0.3 is 0 Å². The van der Waals surface area contributed by atoms with Crippen molar-refractivity contribution < 1.29 is 9.59 Å². The van der Waals surface area contributed by atoms with Gasteiger partial charge in [0.05, 0.1) is 5.25 Å². The van der Waals surface area contributed by atoms with E-state index in [9.17, 15) is 9.59 Å². The van der Waals surface area contributed by atoms with E-state index in [0.29, 0.717) is 0 Å². The van der Waals surface area contributed by atoms with Gasteiger partial charge in [-0.15, -0.1) is 0 Å². The zero-order chi connectivity index (χ0) is 14.1. The van der Waals surface area contributed by atoms with E-state index in [-0.39, 0.29) is 16.4 Å². The molecule has 19 heavy (non-hydrogen) atoms. The standard InChI is InChI=1S/C14H26N2O2S/c1-2-3-4-6-9-12(13(15)17)19-14(18)16-10-7-5-8-11-16/h12H,2-11H2,1H3,(H2,15,17). The van der Waals surface area contributed by atoms with E-state index in [1.54, 1.807) is 0 Å². The van der Waals surface area contributed by atoms with Crippen LogP contribution in [0.15, 0.2) is 0 Å². The van der Waals surface area contributed by atoms with Crippen LogP contribution in [0.4, 0.5) is 4.79 Å². The first-order valence-electron chi connectivity index (χ1n) is 7.40. The molecular weight excluding hydrogens is 260 g/mol. The molecule has 0 saturated carbocycles. The summed E-state index contributed by atoms with van der Waals surface area (Å²) in [4.78, 5) is 25.4. The van der Waals surface area contributed by atoms with Gasteiger partial charge in [-0.3, -0.25) is 9.59 Å². The number of amides is 2. The first kappa shape index (κ1) is 16.3. The summed E-state index contributed by atoms with van der Waals surface area (Å²) in [6.07, 6.45) is 8.50. The van der Waals surface area contributed by atoms with Crippen LogP contribution in [0, 0.1) is 0 Å². The molecule has 0 aliphatic carbocycles. The SMILES string of the molecule is CCCCCCC(SC(=O)N1CCCCC1)C(N)=O. The fraction of sp³-hybridized carbons (Fsp3) is 0.857. The minimum Gasteiger partial charge on any atom is -0.369 e. The average Bonchev–Trinajstić information content (AvgIpc) is 2.42. The molecule has 1 aliphatic heterocycles. The average molecular weight is 286 g/mol. The molecule has 0 bridgehead atoms. The minimum absolute atomic E-state index is 0.0268. The molecular formula is C14H26N2O2S. The molecule has 4 nitrogen and oxygen atoms in total. The summed E-state index contributed by atoms with van der Waals surface area (Å²) in [5.41, 5.74) is 5.40. The second-order valence-electron chi connectivity index (χ2n) is 5.17. The molecule has 1 heterocycles. The number of piperidine rings is 1. The molecule has 1 rings (SSSR count). The fourth-order valence-corrected chi connectivity index (χ4v) is 3.26. The van der Waals surface area contributed by atoms with E-state index < -0.39 is 0 Å². The molecule has 0 spiro atoms. The summed E-state index contributed by atoms with van der Waals surface area (Å²) in [7, 11) is 0. The van der Waals surface area contributed by atoms with Gasteiger partial charge in [0, 0.05) is 13.1 Å². The second-order valence-corrected chi connectivity index (χ2v) is 6.33. The smallest absolute Gasteiger partial charge is 0.282 e. The van der Waals surface area contributed by atoms with Gasteiger partial charge in [-0.05, 0) is 25.7 Å². The van der Waals surface area contributed by atoms with Crippen molar-refractivity contribution in [2.24, 2.45) is 5.73 Å². The van der Waals surface area contributed by atoms with Gasteiger partial charge in [-0.1, -0.05) is 44.4 Å². The predicted molar refractivity (Wildman–Crippen MR) is 80.2 cm³/mol. The van der Waals surface area contributed by atoms with Gasteiger partial charge < -0.3 is 10.6 Å². The van der Waals surface area contributed by atoms with E-state index in [0.717, 1.165) is 57.0 Å². The number of nitrogens with zero attached hydrogens (tertiary/aromatic N) is 1. The molecule has 1 fully saturated rings. The Balaban J connectivity index is 2.34. The fourth-order valence-electron chi connectivity index (χ4n) is 2.29. The van der Waals surface area contributed by atoms with Crippen molar-refractivity contribution in [2.75, 3.05) is 13.1 Å². The number of unbranched alkanes of at least 4 members (excludes halogenated alkanes) is 3. The lowest BCUT2D eigenvalue weighted by Gasteiger charge is -2.27. The Labute approximate surface area is 120 Å². The van der Waals surface area contributed by atoms with Crippen molar-refractivity contribution in [3.63, 3.8) is 0 Å². The number of likely N-dealkylation sites (tertiary alicyclic amines) is 1. The molecule has 5 heteroatoms. The third-order valence-corrected chi connectivity index (χ3v) is 4.71. The molecule has 1 unspecified atom stereocenters. The minimum atomic E-state index is -0.355. The normalized spacial score (nSPS) is 17.2. The van der Waals surface area contributed by atoms with Gasteiger partial charge in [-0.2, -0.15) is 0 Å². The van der Waals surface area contributed by atoms with Crippen LogP contribution in [-0.2, 0) is 4.79 Å². The Hall–Kier alpha value is -0.710. The zero-order valence-electron chi connectivity index (χ0n) is 11.9.